The van der Waals surface area contributed by atoms with Crippen molar-refractivity contribution in [2.45, 2.75) is 19.9 Å². The van der Waals surface area contributed by atoms with Crippen LogP contribution in [0, 0.1) is 6.92 Å². The Morgan fingerprint density at radius 3 is 2.58 bits per heavy atom. The Kier molecular flexibility index (Phi) is 4.30. The molecular formula is C14H18N4O. The van der Waals surface area contributed by atoms with Gasteiger partial charge in [-0.15, -0.1) is 0 Å². The fraction of sp³-hybridized carbons (Fsp3) is 0.286. The van der Waals surface area contributed by atoms with Crippen LogP contribution in [0.5, 0.6) is 0 Å². The van der Waals surface area contributed by atoms with E-state index in [1.807, 2.05) is 0 Å². The normalized spacial score (nSPS) is 10.4. The predicted octanol–water partition coefficient (Wildman–Crippen LogP) is 1.19. The van der Waals surface area contributed by atoms with Crippen molar-refractivity contribution in [1.29, 1.82) is 0 Å². The number of aromatic amines is 1. The van der Waals surface area contributed by atoms with Gasteiger partial charge in [0.1, 0.15) is 11.6 Å². The van der Waals surface area contributed by atoms with Gasteiger partial charge in [-0.1, -0.05) is 24.3 Å². The van der Waals surface area contributed by atoms with E-state index in [0.717, 1.165) is 12.0 Å². The average Bonchev–Trinajstić information content (AvgIpc) is 2.37. The first-order chi connectivity index (χ1) is 9.17. The van der Waals surface area contributed by atoms with E-state index in [-0.39, 0.29) is 5.56 Å². The Labute approximate surface area is 111 Å². The molecule has 4 N–H and O–H groups in total. The van der Waals surface area contributed by atoms with Gasteiger partial charge in [-0.05, 0) is 31.0 Å². The summed E-state index contributed by atoms with van der Waals surface area (Å²) in [6.45, 7) is 3.06. The highest BCUT2D eigenvalue weighted by atomic mass is 16.1. The van der Waals surface area contributed by atoms with Gasteiger partial charge in [-0.2, -0.15) is 0 Å². The van der Waals surface area contributed by atoms with E-state index >= 15 is 0 Å². The summed E-state index contributed by atoms with van der Waals surface area (Å²) >= 11 is 0. The van der Waals surface area contributed by atoms with Gasteiger partial charge in [0.15, 0.2) is 0 Å². The fourth-order valence-electron chi connectivity index (χ4n) is 1.85. The fourth-order valence-corrected chi connectivity index (χ4v) is 1.85. The predicted molar refractivity (Wildman–Crippen MR) is 76.1 cm³/mol. The second-order valence-corrected chi connectivity index (χ2v) is 4.42. The van der Waals surface area contributed by atoms with Crippen LogP contribution in [-0.2, 0) is 13.0 Å². The number of nitrogens with zero attached hydrogens (tertiary/aromatic N) is 1. The lowest BCUT2D eigenvalue weighted by Gasteiger charge is -2.07. The summed E-state index contributed by atoms with van der Waals surface area (Å²) in [5.41, 5.74) is 7.74. The molecule has 0 saturated heterocycles. The van der Waals surface area contributed by atoms with Gasteiger partial charge in [0.25, 0.3) is 5.56 Å². The van der Waals surface area contributed by atoms with Crippen molar-refractivity contribution in [3.05, 3.63) is 57.6 Å². The molecule has 0 fully saturated rings. The van der Waals surface area contributed by atoms with Crippen LogP contribution in [0.3, 0.4) is 0 Å². The van der Waals surface area contributed by atoms with Gasteiger partial charge in [-0.3, -0.25) is 4.79 Å². The van der Waals surface area contributed by atoms with E-state index in [1.165, 1.54) is 11.6 Å². The van der Waals surface area contributed by atoms with E-state index in [2.05, 4.69) is 39.6 Å². The summed E-state index contributed by atoms with van der Waals surface area (Å²) in [4.78, 5) is 18.1. The SMILES string of the molecule is Cc1nc(NCc2ccc(CCN)cc2)cc(=O)[nH]1. The maximum Gasteiger partial charge on any atom is 0.252 e. The number of rotatable bonds is 5. The zero-order valence-corrected chi connectivity index (χ0v) is 10.9. The van der Waals surface area contributed by atoms with E-state index in [1.54, 1.807) is 6.92 Å². The first kappa shape index (κ1) is 13.3. The number of aromatic nitrogens is 2. The van der Waals surface area contributed by atoms with Crippen molar-refractivity contribution in [1.82, 2.24) is 9.97 Å². The standard InChI is InChI=1S/C14H18N4O/c1-10-17-13(8-14(19)18-10)16-9-12-4-2-11(3-5-12)6-7-15/h2-5,8H,6-7,9,15H2,1H3,(H2,16,17,18,19). The van der Waals surface area contributed by atoms with Gasteiger partial charge in [0, 0.05) is 12.6 Å². The van der Waals surface area contributed by atoms with E-state index in [0.29, 0.717) is 24.7 Å². The second-order valence-electron chi connectivity index (χ2n) is 4.42. The van der Waals surface area contributed by atoms with Crippen LogP contribution in [0.2, 0.25) is 0 Å². The van der Waals surface area contributed by atoms with E-state index in [9.17, 15) is 4.79 Å². The van der Waals surface area contributed by atoms with Crippen molar-refractivity contribution in [3.8, 4) is 0 Å². The van der Waals surface area contributed by atoms with Crippen LogP contribution in [0.25, 0.3) is 0 Å². The Morgan fingerprint density at radius 2 is 1.95 bits per heavy atom. The van der Waals surface area contributed by atoms with Gasteiger partial charge in [0.2, 0.25) is 0 Å². The summed E-state index contributed by atoms with van der Waals surface area (Å²) in [6.07, 6.45) is 0.891. The molecule has 5 heteroatoms. The molecule has 0 saturated carbocycles. The average molecular weight is 258 g/mol. The second kappa shape index (κ2) is 6.15. The minimum Gasteiger partial charge on any atom is -0.366 e. The molecule has 5 nitrogen and oxygen atoms in total. The quantitative estimate of drug-likeness (QED) is 0.752. The molecule has 2 rings (SSSR count). The van der Waals surface area contributed by atoms with Gasteiger partial charge in [-0.25, -0.2) is 4.98 Å². The third-order valence-electron chi connectivity index (χ3n) is 2.79. The molecule has 1 aromatic heterocycles. The van der Waals surface area contributed by atoms with Crippen LogP contribution in [0.15, 0.2) is 35.1 Å². The number of aryl methyl sites for hydroxylation is 1. The summed E-state index contributed by atoms with van der Waals surface area (Å²) in [5, 5.41) is 3.14. The maximum atomic E-state index is 11.3. The van der Waals surface area contributed by atoms with Crippen LogP contribution < -0.4 is 16.6 Å². The molecule has 0 atom stereocenters. The maximum absolute atomic E-state index is 11.3. The number of benzene rings is 1. The zero-order chi connectivity index (χ0) is 13.7. The lowest BCUT2D eigenvalue weighted by Crippen LogP contribution is -2.11. The molecule has 0 aliphatic heterocycles. The van der Waals surface area contributed by atoms with Crippen molar-refractivity contribution in [2.24, 2.45) is 5.73 Å². The number of anilines is 1. The highest BCUT2D eigenvalue weighted by molar-refractivity contribution is 5.35. The highest BCUT2D eigenvalue weighted by Gasteiger charge is 1.99. The molecule has 19 heavy (non-hydrogen) atoms. The van der Waals surface area contributed by atoms with Crippen molar-refractivity contribution in [2.75, 3.05) is 11.9 Å². The molecule has 1 heterocycles. The molecule has 0 bridgehead atoms. The number of H-pyrrole nitrogens is 1. The molecule has 2 aromatic rings. The molecule has 100 valence electrons. The number of nitrogens with two attached hydrogens (primary N) is 1. The van der Waals surface area contributed by atoms with Crippen molar-refractivity contribution < 1.29 is 0 Å². The Morgan fingerprint density at radius 1 is 1.26 bits per heavy atom. The first-order valence-electron chi connectivity index (χ1n) is 6.27. The topological polar surface area (TPSA) is 83.8 Å². The Hall–Kier alpha value is -2.14. The molecule has 0 amide bonds. The molecule has 1 aromatic carbocycles. The van der Waals surface area contributed by atoms with Gasteiger partial charge in [0.05, 0.1) is 0 Å². The Bertz CT molecular complexity index is 589. The number of nitrogens with one attached hydrogen (secondary N) is 2. The minimum absolute atomic E-state index is 0.145. The number of hydrogen-bond acceptors (Lipinski definition) is 4. The first-order valence-corrected chi connectivity index (χ1v) is 6.27. The lowest BCUT2D eigenvalue weighted by molar-refractivity contribution is 0.964. The van der Waals surface area contributed by atoms with E-state index in [4.69, 9.17) is 5.73 Å². The molecule has 0 radical (unpaired) electrons. The van der Waals surface area contributed by atoms with Crippen molar-refractivity contribution in [3.63, 3.8) is 0 Å². The van der Waals surface area contributed by atoms with Crippen LogP contribution >= 0.6 is 0 Å². The summed E-state index contributed by atoms with van der Waals surface area (Å²) < 4.78 is 0. The third kappa shape index (κ3) is 3.93. The summed E-state index contributed by atoms with van der Waals surface area (Å²) in [7, 11) is 0. The molecule has 0 aliphatic rings. The van der Waals surface area contributed by atoms with Crippen LogP contribution in [-0.4, -0.2) is 16.5 Å². The van der Waals surface area contributed by atoms with Gasteiger partial charge >= 0.3 is 0 Å². The lowest BCUT2D eigenvalue weighted by atomic mass is 10.1. The summed E-state index contributed by atoms with van der Waals surface area (Å²) in [6, 6.07) is 9.70. The summed E-state index contributed by atoms with van der Waals surface area (Å²) in [5.74, 6) is 1.19. The van der Waals surface area contributed by atoms with Crippen molar-refractivity contribution >= 4 is 5.82 Å². The van der Waals surface area contributed by atoms with E-state index < -0.39 is 0 Å². The van der Waals surface area contributed by atoms with Gasteiger partial charge < -0.3 is 16.0 Å². The monoisotopic (exact) mass is 258 g/mol. The molecule has 0 aliphatic carbocycles. The smallest absolute Gasteiger partial charge is 0.252 e. The molecule has 0 spiro atoms. The number of hydrogen-bond donors (Lipinski definition) is 3. The molecule has 0 unspecified atom stereocenters. The van der Waals surface area contributed by atoms with Crippen LogP contribution in [0.4, 0.5) is 5.82 Å². The molecular weight excluding hydrogens is 240 g/mol. The largest absolute Gasteiger partial charge is 0.366 e. The third-order valence-corrected chi connectivity index (χ3v) is 2.79. The van der Waals surface area contributed by atoms with Crippen LogP contribution in [0.1, 0.15) is 17.0 Å². The Balaban J connectivity index is 1.99. The minimum atomic E-state index is -0.145. The highest BCUT2D eigenvalue weighted by Crippen LogP contribution is 2.07. The zero-order valence-electron chi connectivity index (χ0n) is 10.9.